The second-order valence-corrected chi connectivity index (χ2v) is 7.17. The molecule has 7 nitrogen and oxygen atoms in total. The quantitative estimate of drug-likeness (QED) is 0.524. The molecule has 1 N–H and O–H groups in total. The summed E-state index contributed by atoms with van der Waals surface area (Å²) < 4.78 is 42.0. The van der Waals surface area contributed by atoms with Crippen LogP contribution in [0.2, 0.25) is 0 Å². The van der Waals surface area contributed by atoms with Gasteiger partial charge in [0.25, 0.3) is 0 Å². The summed E-state index contributed by atoms with van der Waals surface area (Å²) in [5, 5.41) is 15.1. The first-order valence-corrected chi connectivity index (χ1v) is 9.54. The molecular formula is C21H19F3N6O. The molecule has 31 heavy (non-hydrogen) atoms. The van der Waals surface area contributed by atoms with E-state index in [0.29, 0.717) is 22.5 Å². The van der Waals surface area contributed by atoms with Crippen molar-refractivity contribution in [2.24, 2.45) is 0 Å². The Hall–Kier alpha value is -3.69. The standard InChI is InChI=1S/C21H19F3N6O/c1-13(26-20(31)12-29-19-9-4-3-8-18(19)27-28-29)17-11-25-30(14(17)2)16-7-5-6-15(10-16)21(22,23)24/h3-11,13H,12H2,1-2H3,(H,26,31)/t13-/m1/s1. The molecule has 2 heterocycles. The van der Waals surface area contributed by atoms with Gasteiger partial charge in [0.05, 0.1) is 29.0 Å². The van der Waals surface area contributed by atoms with Crippen LogP contribution in [0.25, 0.3) is 16.7 Å². The van der Waals surface area contributed by atoms with Gasteiger partial charge in [-0.2, -0.15) is 18.3 Å². The number of hydrogen-bond acceptors (Lipinski definition) is 4. The van der Waals surface area contributed by atoms with Crippen molar-refractivity contribution in [1.82, 2.24) is 30.1 Å². The van der Waals surface area contributed by atoms with Crippen molar-refractivity contribution in [3.63, 3.8) is 0 Å². The Kier molecular flexibility index (Phi) is 5.22. The van der Waals surface area contributed by atoms with Crippen molar-refractivity contribution >= 4 is 16.9 Å². The molecule has 1 amide bonds. The third-order valence-corrected chi connectivity index (χ3v) is 5.02. The molecule has 0 unspecified atom stereocenters. The summed E-state index contributed by atoms with van der Waals surface area (Å²) in [6.07, 6.45) is -2.89. The number of nitrogens with zero attached hydrogens (tertiary/aromatic N) is 5. The molecule has 0 aliphatic heterocycles. The molecule has 0 spiro atoms. The van der Waals surface area contributed by atoms with E-state index in [1.807, 2.05) is 24.3 Å². The monoisotopic (exact) mass is 428 g/mol. The summed E-state index contributed by atoms with van der Waals surface area (Å²) in [7, 11) is 0. The number of halogens is 3. The topological polar surface area (TPSA) is 77.6 Å². The molecule has 0 aliphatic carbocycles. The van der Waals surface area contributed by atoms with E-state index in [1.54, 1.807) is 26.1 Å². The molecule has 0 aliphatic rings. The smallest absolute Gasteiger partial charge is 0.348 e. The lowest BCUT2D eigenvalue weighted by Crippen LogP contribution is -2.30. The lowest BCUT2D eigenvalue weighted by atomic mass is 10.1. The molecule has 0 saturated heterocycles. The van der Waals surface area contributed by atoms with Gasteiger partial charge in [0.2, 0.25) is 5.91 Å². The highest BCUT2D eigenvalue weighted by Gasteiger charge is 2.30. The highest BCUT2D eigenvalue weighted by atomic mass is 19.4. The summed E-state index contributed by atoms with van der Waals surface area (Å²) in [6, 6.07) is 11.9. The molecular weight excluding hydrogens is 409 g/mol. The van der Waals surface area contributed by atoms with Crippen molar-refractivity contribution in [3.05, 3.63) is 71.5 Å². The van der Waals surface area contributed by atoms with E-state index in [4.69, 9.17) is 0 Å². The first kappa shape index (κ1) is 20.6. The molecule has 0 saturated carbocycles. The first-order chi connectivity index (χ1) is 14.7. The molecule has 0 bridgehead atoms. The van der Waals surface area contributed by atoms with E-state index in [-0.39, 0.29) is 12.5 Å². The molecule has 1 atom stereocenters. The molecule has 4 aromatic rings. The average Bonchev–Trinajstić information content (AvgIpc) is 3.31. The van der Waals surface area contributed by atoms with E-state index in [9.17, 15) is 18.0 Å². The van der Waals surface area contributed by atoms with Crippen LogP contribution in [0, 0.1) is 6.92 Å². The molecule has 4 rings (SSSR count). The third kappa shape index (κ3) is 4.14. The van der Waals surface area contributed by atoms with Crippen molar-refractivity contribution in [3.8, 4) is 5.69 Å². The van der Waals surface area contributed by atoms with Crippen molar-refractivity contribution in [2.45, 2.75) is 32.6 Å². The van der Waals surface area contributed by atoms with E-state index in [1.165, 1.54) is 15.4 Å². The van der Waals surface area contributed by atoms with Gasteiger partial charge in [-0.1, -0.05) is 23.4 Å². The Balaban J connectivity index is 1.50. The normalized spacial score (nSPS) is 12.8. The third-order valence-electron chi connectivity index (χ3n) is 5.02. The van der Waals surface area contributed by atoms with Crippen LogP contribution in [-0.2, 0) is 17.5 Å². The minimum Gasteiger partial charge on any atom is -0.348 e. The van der Waals surface area contributed by atoms with Gasteiger partial charge in [0, 0.05) is 11.3 Å². The molecule has 10 heteroatoms. The second-order valence-electron chi connectivity index (χ2n) is 7.17. The lowest BCUT2D eigenvalue weighted by molar-refractivity contribution is -0.137. The molecule has 0 fully saturated rings. The Morgan fingerprint density at radius 1 is 1.16 bits per heavy atom. The average molecular weight is 428 g/mol. The molecule has 160 valence electrons. The Labute approximate surface area is 175 Å². The maximum atomic E-state index is 13.0. The number of amides is 1. The van der Waals surface area contributed by atoms with Crippen LogP contribution in [0.4, 0.5) is 13.2 Å². The number of hydrogen-bond donors (Lipinski definition) is 1. The number of carbonyl (C=O) groups excluding carboxylic acids is 1. The van der Waals surface area contributed by atoms with E-state index < -0.39 is 17.8 Å². The number of carbonyl (C=O) groups is 1. The summed E-state index contributed by atoms with van der Waals surface area (Å²) in [6.45, 7) is 3.53. The summed E-state index contributed by atoms with van der Waals surface area (Å²) in [4.78, 5) is 12.5. The number of rotatable bonds is 5. The zero-order valence-electron chi connectivity index (χ0n) is 16.8. The van der Waals surface area contributed by atoms with Crippen molar-refractivity contribution < 1.29 is 18.0 Å². The van der Waals surface area contributed by atoms with E-state index >= 15 is 0 Å². The summed E-state index contributed by atoms with van der Waals surface area (Å²) in [5.74, 6) is -0.269. The van der Waals surface area contributed by atoms with Crippen LogP contribution in [-0.4, -0.2) is 30.7 Å². The van der Waals surface area contributed by atoms with E-state index in [0.717, 1.165) is 17.6 Å². The predicted octanol–water partition coefficient (Wildman–Crippen LogP) is 3.82. The van der Waals surface area contributed by atoms with Crippen LogP contribution in [0.15, 0.2) is 54.7 Å². The fraction of sp³-hybridized carbons (Fsp3) is 0.238. The van der Waals surface area contributed by atoms with Gasteiger partial charge in [-0.25, -0.2) is 9.36 Å². The van der Waals surface area contributed by atoms with Crippen molar-refractivity contribution in [1.29, 1.82) is 0 Å². The fourth-order valence-electron chi connectivity index (χ4n) is 3.46. The predicted molar refractivity (Wildman–Crippen MR) is 107 cm³/mol. The number of benzene rings is 2. The minimum atomic E-state index is -4.44. The summed E-state index contributed by atoms with van der Waals surface area (Å²) >= 11 is 0. The SMILES string of the molecule is Cc1c([C@@H](C)NC(=O)Cn2nnc3ccccc32)cnn1-c1cccc(C(F)(F)F)c1. The number of fused-ring (bicyclic) bond motifs is 1. The number of para-hydroxylation sites is 1. The number of nitrogens with one attached hydrogen (secondary N) is 1. The van der Waals surface area contributed by atoms with Gasteiger partial charge in [-0.15, -0.1) is 5.10 Å². The maximum Gasteiger partial charge on any atom is 0.416 e. The highest BCUT2D eigenvalue weighted by Crippen LogP contribution is 2.31. The summed E-state index contributed by atoms with van der Waals surface area (Å²) in [5.41, 5.74) is 2.34. The lowest BCUT2D eigenvalue weighted by Gasteiger charge is -2.15. The van der Waals surface area contributed by atoms with Gasteiger partial charge in [-0.3, -0.25) is 4.79 Å². The van der Waals surface area contributed by atoms with Gasteiger partial charge < -0.3 is 5.32 Å². The maximum absolute atomic E-state index is 13.0. The number of alkyl halides is 3. The zero-order chi connectivity index (χ0) is 22.2. The van der Waals surface area contributed by atoms with Crippen LogP contribution in [0.1, 0.15) is 29.8 Å². The van der Waals surface area contributed by atoms with E-state index in [2.05, 4.69) is 20.7 Å². The fourth-order valence-corrected chi connectivity index (χ4v) is 3.46. The van der Waals surface area contributed by atoms with Crippen molar-refractivity contribution in [2.75, 3.05) is 0 Å². The minimum absolute atomic E-state index is 0.00827. The van der Waals surface area contributed by atoms with Gasteiger partial charge in [0.1, 0.15) is 12.1 Å². The molecule has 2 aromatic heterocycles. The van der Waals surface area contributed by atoms with Crippen LogP contribution < -0.4 is 5.32 Å². The second kappa shape index (κ2) is 7.86. The van der Waals surface area contributed by atoms with Crippen LogP contribution >= 0.6 is 0 Å². The Morgan fingerprint density at radius 3 is 2.71 bits per heavy atom. The Morgan fingerprint density at radius 2 is 1.94 bits per heavy atom. The van der Waals surface area contributed by atoms with Gasteiger partial charge >= 0.3 is 6.18 Å². The first-order valence-electron chi connectivity index (χ1n) is 9.54. The zero-order valence-corrected chi connectivity index (χ0v) is 16.8. The molecule has 2 aromatic carbocycles. The highest BCUT2D eigenvalue weighted by molar-refractivity contribution is 5.80. The Bertz CT molecular complexity index is 1240. The largest absolute Gasteiger partial charge is 0.416 e. The molecule has 0 radical (unpaired) electrons. The number of aromatic nitrogens is 5. The van der Waals surface area contributed by atoms with Crippen LogP contribution in [0.5, 0.6) is 0 Å². The van der Waals surface area contributed by atoms with Gasteiger partial charge in [0.15, 0.2) is 0 Å². The van der Waals surface area contributed by atoms with Crippen LogP contribution in [0.3, 0.4) is 0 Å². The van der Waals surface area contributed by atoms with Gasteiger partial charge in [-0.05, 0) is 44.2 Å².